The predicted molar refractivity (Wildman–Crippen MR) is 85.8 cm³/mol. The molecule has 0 bridgehead atoms. The van der Waals surface area contributed by atoms with Gasteiger partial charge >= 0.3 is 6.03 Å². The van der Waals surface area contributed by atoms with Gasteiger partial charge < -0.3 is 15.5 Å². The van der Waals surface area contributed by atoms with E-state index in [1.165, 1.54) is 24.0 Å². The van der Waals surface area contributed by atoms with Crippen LogP contribution in [-0.4, -0.2) is 36.6 Å². The lowest BCUT2D eigenvalue weighted by Gasteiger charge is -2.31. The third-order valence-corrected chi connectivity index (χ3v) is 4.73. The SMILES string of the molecule is CCN1CCC(NC(=O)Nc2ccc3c(c2)CCC3)CC1. The van der Waals surface area contributed by atoms with Gasteiger partial charge in [0.1, 0.15) is 0 Å². The number of fused-ring (bicyclic) bond motifs is 1. The first-order valence-corrected chi connectivity index (χ1v) is 8.16. The second-order valence-electron chi connectivity index (χ2n) is 6.14. The van der Waals surface area contributed by atoms with Crippen LogP contribution in [0.3, 0.4) is 0 Å². The van der Waals surface area contributed by atoms with Crippen LogP contribution in [0.2, 0.25) is 0 Å². The number of hydrogen-bond donors (Lipinski definition) is 2. The Bertz CT molecular complexity index is 507. The van der Waals surface area contributed by atoms with E-state index < -0.39 is 0 Å². The van der Waals surface area contributed by atoms with E-state index in [4.69, 9.17) is 0 Å². The van der Waals surface area contributed by atoms with E-state index in [1.54, 1.807) is 0 Å². The zero-order valence-electron chi connectivity index (χ0n) is 12.8. The Hall–Kier alpha value is -1.55. The number of aryl methyl sites for hydroxylation is 2. The summed E-state index contributed by atoms with van der Waals surface area (Å²) in [6, 6.07) is 6.54. The maximum absolute atomic E-state index is 12.1. The Balaban J connectivity index is 1.50. The number of carbonyl (C=O) groups is 1. The molecular formula is C17H25N3O. The zero-order chi connectivity index (χ0) is 14.7. The molecule has 4 nitrogen and oxygen atoms in total. The van der Waals surface area contributed by atoms with Crippen molar-refractivity contribution < 1.29 is 4.79 Å². The number of likely N-dealkylation sites (tertiary alicyclic amines) is 1. The molecular weight excluding hydrogens is 262 g/mol. The minimum atomic E-state index is -0.0668. The Morgan fingerprint density at radius 1 is 1.24 bits per heavy atom. The van der Waals surface area contributed by atoms with Crippen LogP contribution in [0.4, 0.5) is 10.5 Å². The van der Waals surface area contributed by atoms with Crippen molar-refractivity contribution in [2.45, 2.75) is 45.1 Å². The number of rotatable bonds is 3. The number of amides is 2. The normalized spacial score (nSPS) is 19.3. The third-order valence-electron chi connectivity index (χ3n) is 4.73. The van der Waals surface area contributed by atoms with Crippen LogP contribution in [0, 0.1) is 0 Å². The number of benzene rings is 1. The molecule has 1 fully saturated rings. The van der Waals surface area contributed by atoms with Crippen molar-refractivity contribution in [2.24, 2.45) is 0 Å². The summed E-state index contributed by atoms with van der Waals surface area (Å²) in [6.45, 7) is 5.46. The molecule has 21 heavy (non-hydrogen) atoms. The van der Waals surface area contributed by atoms with Crippen molar-refractivity contribution in [2.75, 3.05) is 25.0 Å². The van der Waals surface area contributed by atoms with Crippen molar-refractivity contribution in [3.63, 3.8) is 0 Å². The van der Waals surface area contributed by atoms with Gasteiger partial charge in [-0.1, -0.05) is 13.0 Å². The molecule has 1 heterocycles. The molecule has 0 atom stereocenters. The molecule has 0 spiro atoms. The smallest absolute Gasteiger partial charge is 0.319 e. The van der Waals surface area contributed by atoms with E-state index in [0.29, 0.717) is 6.04 Å². The first-order valence-electron chi connectivity index (χ1n) is 8.16. The van der Waals surface area contributed by atoms with Gasteiger partial charge in [-0.3, -0.25) is 0 Å². The van der Waals surface area contributed by atoms with E-state index in [9.17, 15) is 4.79 Å². The second-order valence-corrected chi connectivity index (χ2v) is 6.14. The number of carbonyl (C=O) groups excluding carboxylic acids is 1. The lowest BCUT2D eigenvalue weighted by molar-refractivity contribution is 0.203. The summed E-state index contributed by atoms with van der Waals surface area (Å²) in [5, 5.41) is 6.08. The molecule has 4 heteroatoms. The summed E-state index contributed by atoms with van der Waals surface area (Å²) in [7, 11) is 0. The summed E-state index contributed by atoms with van der Waals surface area (Å²) in [6.07, 6.45) is 5.65. The molecule has 1 aromatic carbocycles. The average Bonchev–Trinajstić information content (AvgIpc) is 2.95. The molecule has 1 aliphatic heterocycles. The second kappa shape index (κ2) is 6.48. The van der Waals surface area contributed by atoms with Crippen LogP contribution >= 0.6 is 0 Å². The van der Waals surface area contributed by atoms with E-state index >= 15 is 0 Å². The van der Waals surface area contributed by atoms with E-state index in [-0.39, 0.29) is 6.03 Å². The van der Waals surface area contributed by atoms with Crippen LogP contribution in [0.5, 0.6) is 0 Å². The highest BCUT2D eigenvalue weighted by Gasteiger charge is 2.19. The zero-order valence-corrected chi connectivity index (χ0v) is 12.8. The molecule has 2 aliphatic rings. The number of anilines is 1. The van der Waals surface area contributed by atoms with Gasteiger partial charge in [0.15, 0.2) is 0 Å². The fourth-order valence-corrected chi connectivity index (χ4v) is 3.40. The number of piperidine rings is 1. The first-order chi connectivity index (χ1) is 10.2. The molecule has 1 saturated heterocycles. The summed E-state index contributed by atoms with van der Waals surface area (Å²) in [5.74, 6) is 0. The summed E-state index contributed by atoms with van der Waals surface area (Å²) in [4.78, 5) is 14.5. The van der Waals surface area contributed by atoms with Crippen molar-refractivity contribution in [3.8, 4) is 0 Å². The average molecular weight is 287 g/mol. The molecule has 0 radical (unpaired) electrons. The molecule has 114 valence electrons. The standard InChI is InChI=1S/C17H25N3O/c1-2-20-10-8-15(9-11-20)18-17(21)19-16-7-6-13-4-3-5-14(13)12-16/h6-7,12,15H,2-5,8-11H2,1H3,(H2,18,19,21). The van der Waals surface area contributed by atoms with Gasteiger partial charge in [-0.05, 0) is 61.9 Å². The summed E-state index contributed by atoms with van der Waals surface area (Å²) in [5.41, 5.74) is 3.75. The first kappa shape index (κ1) is 14.4. The summed E-state index contributed by atoms with van der Waals surface area (Å²) < 4.78 is 0. The van der Waals surface area contributed by atoms with Gasteiger partial charge in [0.2, 0.25) is 0 Å². The lowest BCUT2D eigenvalue weighted by atomic mass is 10.1. The van der Waals surface area contributed by atoms with E-state index in [0.717, 1.165) is 44.6 Å². The van der Waals surface area contributed by atoms with Crippen LogP contribution < -0.4 is 10.6 Å². The lowest BCUT2D eigenvalue weighted by Crippen LogP contribution is -2.45. The highest BCUT2D eigenvalue weighted by Crippen LogP contribution is 2.24. The minimum absolute atomic E-state index is 0.0668. The predicted octanol–water partition coefficient (Wildman–Crippen LogP) is 2.78. The number of nitrogens with one attached hydrogen (secondary N) is 2. The van der Waals surface area contributed by atoms with Crippen molar-refractivity contribution in [1.82, 2.24) is 10.2 Å². The van der Waals surface area contributed by atoms with Crippen LogP contribution in [0.25, 0.3) is 0 Å². The van der Waals surface area contributed by atoms with Gasteiger partial charge in [0, 0.05) is 24.8 Å². The van der Waals surface area contributed by atoms with Crippen molar-refractivity contribution in [3.05, 3.63) is 29.3 Å². The van der Waals surface area contributed by atoms with Crippen LogP contribution in [0.15, 0.2) is 18.2 Å². The Labute approximate surface area is 126 Å². The molecule has 1 aliphatic carbocycles. The maximum Gasteiger partial charge on any atom is 0.319 e. The quantitative estimate of drug-likeness (QED) is 0.898. The van der Waals surface area contributed by atoms with Crippen molar-refractivity contribution >= 4 is 11.7 Å². The monoisotopic (exact) mass is 287 g/mol. The third kappa shape index (κ3) is 3.56. The number of hydrogen-bond acceptors (Lipinski definition) is 2. The highest BCUT2D eigenvalue weighted by atomic mass is 16.2. The molecule has 0 saturated carbocycles. The largest absolute Gasteiger partial charge is 0.335 e. The number of nitrogens with zero attached hydrogens (tertiary/aromatic N) is 1. The highest BCUT2D eigenvalue weighted by molar-refractivity contribution is 5.89. The number of urea groups is 1. The minimum Gasteiger partial charge on any atom is -0.335 e. The van der Waals surface area contributed by atoms with Gasteiger partial charge in [-0.25, -0.2) is 4.79 Å². The van der Waals surface area contributed by atoms with Gasteiger partial charge in [0.25, 0.3) is 0 Å². The molecule has 2 amide bonds. The maximum atomic E-state index is 12.1. The molecule has 3 rings (SSSR count). The van der Waals surface area contributed by atoms with E-state index in [1.807, 2.05) is 6.07 Å². The molecule has 0 unspecified atom stereocenters. The van der Waals surface area contributed by atoms with Gasteiger partial charge in [-0.2, -0.15) is 0 Å². The molecule has 2 N–H and O–H groups in total. The Kier molecular flexibility index (Phi) is 4.44. The molecule has 0 aromatic heterocycles. The Morgan fingerprint density at radius 3 is 2.76 bits per heavy atom. The fourth-order valence-electron chi connectivity index (χ4n) is 3.40. The van der Waals surface area contributed by atoms with E-state index in [2.05, 4.69) is 34.6 Å². The van der Waals surface area contributed by atoms with Gasteiger partial charge in [0.05, 0.1) is 0 Å². The summed E-state index contributed by atoms with van der Waals surface area (Å²) >= 11 is 0. The van der Waals surface area contributed by atoms with Crippen molar-refractivity contribution in [1.29, 1.82) is 0 Å². The van der Waals surface area contributed by atoms with Crippen LogP contribution in [0.1, 0.15) is 37.3 Å². The van der Waals surface area contributed by atoms with Gasteiger partial charge in [-0.15, -0.1) is 0 Å². The van der Waals surface area contributed by atoms with Crippen LogP contribution in [-0.2, 0) is 12.8 Å². The Morgan fingerprint density at radius 2 is 2.00 bits per heavy atom. The fraction of sp³-hybridized carbons (Fsp3) is 0.588. The topological polar surface area (TPSA) is 44.4 Å². The molecule has 1 aromatic rings.